The topological polar surface area (TPSA) is 18.5 Å². The first-order valence-corrected chi connectivity index (χ1v) is 7.84. The second kappa shape index (κ2) is 6.66. The second-order valence-electron chi connectivity index (χ2n) is 4.97. The summed E-state index contributed by atoms with van der Waals surface area (Å²) in [4.78, 5) is 0. The van der Waals surface area contributed by atoms with Crippen LogP contribution in [0.15, 0.2) is 0 Å². The first-order chi connectivity index (χ1) is 7.45. The molecule has 0 radical (unpaired) electrons. The predicted molar refractivity (Wildman–Crippen MR) is 64.5 cm³/mol. The molecule has 0 atom stereocenters. The van der Waals surface area contributed by atoms with Crippen LogP contribution in [0.2, 0.25) is 0 Å². The van der Waals surface area contributed by atoms with Gasteiger partial charge in [0, 0.05) is 12.2 Å². The summed E-state index contributed by atoms with van der Waals surface area (Å²) in [5.41, 5.74) is 0. The first kappa shape index (κ1) is 11.6. The Morgan fingerprint density at radius 2 is 1.00 bits per heavy atom. The van der Waals surface area contributed by atoms with Crippen LogP contribution < -0.4 is 0 Å². The quantitative estimate of drug-likeness (QED) is 0.689. The van der Waals surface area contributed by atoms with Crippen LogP contribution in [0.3, 0.4) is 0 Å². The van der Waals surface area contributed by atoms with Crippen molar-refractivity contribution in [2.45, 2.75) is 76.4 Å². The minimum absolute atomic E-state index is 0.550. The average Bonchev–Trinajstić information content (AvgIpc) is 2.32. The van der Waals surface area contributed by atoms with E-state index in [0.29, 0.717) is 12.2 Å². The lowest BCUT2D eigenvalue weighted by Crippen LogP contribution is -2.25. The SMILES string of the molecule is C1CCC(O[SiH2]OC2CCCCC2)CC1. The summed E-state index contributed by atoms with van der Waals surface area (Å²) < 4.78 is 11.8. The molecule has 3 heteroatoms. The molecule has 0 heterocycles. The van der Waals surface area contributed by atoms with E-state index in [0.717, 1.165) is 0 Å². The largest absolute Gasteiger partial charge is 0.396 e. The first-order valence-electron chi connectivity index (χ1n) is 6.68. The molecule has 2 aliphatic rings. The molecule has 88 valence electrons. The highest BCUT2D eigenvalue weighted by Gasteiger charge is 2.16. The summed E-state index contributed by atoms with van der Waals surface area (Å²) in [5, 5.41) is 0. The molecule has 0 aromatic heterocycles. The van der Waals surface area contributed by atoms with Gasteiger partial charge in [-0.25, -0.2) is 0 Å². The van der Waals surface area contributed by atoms with Crippen LogP contribution in [0.5, 0.6) is 0 Å². The van der Waals surface area contributed by atoms with Gasteiger partial charge in [0.05, 0.1) is 0 Å². The molecule has 2 nitrogen and oxygen atoms in total. The molecule has 0 saturated heterocycles. The van der Waals surface area contributed by atoms with Crippen molar-refractivity contribution < 1.29 is 8.85 Å². The molecule has 0 aromatic rings. The molecule has 2 aliphatic carbocycles. The molecular weight excluding hydrogens is 204 g/mol. The van der Waals surface area contributed by atoms with E-state index in [-0.39, 0.29) is 0 Å². The summed E-state index contributed by atoms with van der Waals surface area (Å²) in [6, 6.07) is 0. The monoisotopic (exact) mass is 228 g/mol. The van der Waals surface area contributed by atoms with E-state index in [9.17, 15) is 0 Å². The van der Waals surface area contributed by atoms with E-state index in [1.807, 2.05) is 0 Å². The van der Waals surface area contributed by atoms with E-state index < -0.39 is 10.0 Å². The highest BCUT2D eigenvalue weighted by molar-refractivity contribution is 6.18. The summed E-state index contributed by atoms with van der Waals surface area (Å²) in [7, 11) is -0.678. The molecule has 2 rings (SSSR count). The maximum absolute atomic E-state index is 5.90. The summed E-state index contributed by atoms with van der Waals surface area (Å²) in [6.07, 6.45) is 14.5. The highest BCUT2D eigenvalue weighted by atomic mass is 28.3. The van der Waals surface area contributed by atoms with E-state index >= 15 is 0 Å². The Hall–Kier alpha value is 0.137. The van der Waals surface area contributed by atoms with Gasteiger partial charge in [-0.05, 0) is 25.7 Å². The van der Waals surface area contributed by atoms with Crippen LogP contribution in [0.1, 0.15) is 64.2 Å². The number of hydrogen-bond acceptors (Lipinski definition) is 2. The van der Waals surface area contributed by atoms with Gasteiger partial charge >= 0.3 is 10.0 Å². The standard InChI is InChI=1S/C12H24O2Si/c1-3-7-11(8-4-1)13-15-14-12-9-5-2-6-10-12/h11-12H,1-10,15H2. The Morgan fingerprint density at radius 3 is 1.40 bits per heavy atom. The lowest BCUT2D eigenvalue weighted by atomic mass is 9.98. The molecule has 0 bridgehead atoms. The Morgan fingerprint density at radius 1 is 0.600 bits per heavy atom. The third kappa shape index (κ3) is 4.25. The van der Waals surface area contributed by atoms with E-state index in [2.05, 4.69) is 0 Å². The lowest BCUT2D eigenvalue weighted by molar-refractivity contribution is 0.0825. The Bertz CT molecular complexity index is 145. The van der Waals surface area contributed by atoms with Crippen molar-refractivity contribution in [1.29, 1.82) is 0 Å². The van der Waals surface area contributed by atoms with Crippen molar-refractivity contribution in [2.24, 2.45) is 0 Å². The van der Waals surface area contributed by atoms with Gasteiger partial charge in [-0.2, -0.15) is 0 Å². The molecule has 0 aliphatic heterocycles. The van der Waals surface area contributed by atoms with Crippen molar-refractivity contribution in [1.82, 2.24) is 0 Å². The molecule has 0 aromatic carbocycles. The molecule has 2 fully saturated rings. The molecule has 15 heavy (non-hydrogen) atoms. The fraction of sp³-hybridized carbons (Fsp3) is 1.00. The molecule has 0 unspecified atom stereocenters. The zero-order valence-corrected chi connectivity index (χ0v) is 11.2. The molecule has 0 N–H and O–H groups in total. The van der Waals surface area contributed by atoms with Gasteiger partial charge in [0.2, 0.25) is 0 Å². The van der Waals surface area contributed by atoms with Crippen molar-refractivity contribution in [3.8, 4) is 0 Å². The van der Waals surface area contributed by atoms with E-state index in [1.165, 1.54) is 64.2 Å². The van der Waals surface area contributed by atoms with E-state index in [1.54, 1.807) is 0 Å². The molecule has 0 spiro atoms. The van der Waals surface area contributed by atoms with Gasteiger partial charge in [-0.3, -0.25) is 0 Å². The summed E-state index contributed by atoms with van der Waals surface area (Å²) >= 11 is 0. The van der Waals surface area contributed by atoms with Crippen molar-refractivity contribution in [3.63, 3.8) is 0 Å². The third-order valence-corrected chi connectivity index (χ3v) is 4.93. The molecule has 0 amide bonds. The van der Waals surface area contributed by atoms with Crippen LogP contribution in [-0.2, 0) is 8.85 Å². The number of hydrogen-bond donors (Lipinski definition) is 0. The van der Waals surface area contributed by atoms with Crippen LogP contribution in [0, 0.1) is 0 Å². The van der Waals surface area contributed by atoms with Gasteiger partial charge in [0.25, 0.3) is 0 Å². The van der Waals surface area contributed by atoms with Crippen molar-refractivity contribution >= 4 is 10.0 Å². The van der Waals surface area contributed by atoms with Crippen LogP contribution in [0.4, 0.5) is 0 Å². The minimum Gasteiger partial charge on any atom is -0.396 e. The van der Waals surface area contributed by atoms with Gasteiger partial charge in [0.1, 0.15) is 0 Å². The fourth-order valence-electron chi connectivity index (χ4n) is 2.70. The van der Waals surface area contributed by atoms with Gasteiger partial charge in [-0.1, -0.05) is 38.5 Å². The normalized spacial score (nSPS) is 25.6. The third-order valence-electron chi connectivity index (χ3n) is 3.71. The smallest absolute Gasteiger partial charge is 0.304 e. The van der Waals surface area contributed by atoms with Gasteiger partial charge in [0.15, 0.2) is 0 Å². The van der Waals surface area contributed by atoms with Crippen LogP contribution in [0.25, 0.3) is 0 Å². The Labute approximate surface area is 95.8 Å². The second-order valence-corrected chi connectivity index (χ2v) is 5.87. The zero-order valence-electron chi connectivity index (χ0n) is 9.75. The van der Waals surface area contributed by atoms with Crippen molar-refractivity contribution in [2.75, 3.05) is 0 Å². The predicted octanol–water partition coefficient (Wildman–Crippen LogP) is 2.68. The Balaban J connectivity index is 1.53. The zero-order chi connectivity index (χ0) is 10.3. The van der Waals surface area contributed by atoms with Crippen LogP contribution in [-0.4, -0.2) is 22.2 Å². The molecular formula is C12H24O2Si. The van der Waals surface area contributed by atoms with Crippen LogP contribution >= 0.6 is 0 Å². The van der Waals surface area contributed by atoms with Gasteiger partial charge < -0.3 is 8.85 Å². The Kier molecular flexibility index (Phi) is 5.16. The molecule has 2 saturated carbocycles. The van der Waals surface area contributed by atoms with Gasteiger partial charge in [-0.15, -0.1) is 0 Å². The fourth-order valence-corrected chi connectivity index (χ4v) is 3.83. The summed E-state index contributed by atoms with van der Waals surface area (Å²) in [6.45, 7) is 0. The minimum atomic E-state index is -0.678. The number of rotatable bonds is 4. The maximum Gasteiger partial charge on any atom is 0.304 e. The summed E-state index contributed by atoms with van der Waals surface area (Å²) in [5.74, 6) is 0. The lowest BCUT2D eigenvalue weighted by Gasteiger charge is -2.25. The average molecular weight is 228 g/mol. The maximum atomic E-state index is 5.90. The van der Waals surface area contributed by atoms with Crippen molar-refractivity contribution in [3.05, 3.63) is 0 Å². The highest BCUT2D eigenvalue weighted by Crippen LogP contribution is 2.22. The van der Waals surface area contributed by atoms with E-state index in [4.69, 9.17) is 8.85 Å².